The molecule has 1 fully saturated rings. The van der Waals surface area contributed by atoms with Gasteiger partial charge in [0.05, 0.1) is 12.2 Å². The van der Waals surface area contributed by atoms with Crippen LogP contribution in [0.1, 0.15) is 39.5 Å². The third-order valence-electron chi connectivity index (χ3n) is 3.62. The van der Waals surface area contributed by atoms with Crippen LogP contribution in [0.4, 0.5) is 0 Å². The van der Waals surface area contributed by atoms with Crippen molar-refractivity contribution in [1.29, 1.82) is 0 Å². The number of carbonyl (C=O) groups excluding carboxylic acids is 1. The Balaban J connectivity index is 2.59. The van der Waals surface area contributed by atoms with E-state index < -0.39 is 5.60 Å². The predicted molar refractivity (Wildman–Crippen MR) is 73.0 cm³/mol. The SMILES string of the molecule is CCCC(C(=O)OCC)N(C)CC1(O)CCOCC1. The van der Waals surface area contributed by atoms with Crippen LogP contribution in [0.2, 0.25) is 0 Å². The largest absolute Gasteiger partial charge is 0.465 e. The minimum atomic E-state index is -0.745. The highest BCUT2D eigenvalue weighted by atomic mass is 16.5. The number of hydrogen-bond acceptors (Lipinski definition) is 5. The molecule has 1 saturated heterocycles. The van der Waals surface area contributed by atoms with E-state index >= 15 is 0 Å². The topological polar surface area (TPSA) is 59.0 Å². The van der Waals surface area contributed by atoms with Gasteiger partial charge in [-0.2, -0.15) is 0 Å². The minimum absolute atomic E-state index is 0.192. The van der Waals surface area contributed by atoms with E-state index in [4.69, 9.17) is 9.47 Å². The monoisotopic (exact) mass is 273 g/mol. The van der Waals surface area contributed by atoms with Crippen LogP contribution in [0.15, 0.2) is 0 Å². The Morgan fingerprint density at radius 2 is 2.05 bits per heavy atom. The molecule has 19 heavy (non-hydrogen) atoms. The summed E-state index contributed by atoms with van der Waals surface area (Å²) in [5, 5.41) is 10.5. The van der Waals surface area contributed by atoms with Gasteiger partial charge >= 0.3 is 5.97 Å². The lowest BCUT2D eigenvalue weighted by molar-refractivity contribution is -0.151. The summed E-state index contributed by atoms with van der Waals surface area (Å²) in [6, 6.07) is -0.267. The summed E-state index contributed by atoms with van der Waals surface area (Å²) in [7, 11) is 1.88. The van der Waals surface area contributed by atoms with Gasteiger partial charge in [-0.25, -0.2) is 0 Å². The number of ether oxygens (including phenoxy) is 2. The lowest BCUT2D eigenvalue weighted by Gasteiger charge is -2.37. The van der Waals surface area contributed by atoms with E-state index in [1.165, 1.54) is 0 Å². The van der Waals surface area contributed by atoms with Crippen molar-refractivity contribution in [3.63, 3.8) is 0 Å². The van der Waals surface area contributed by atoms with Gasteiger partial charge in [0.2, 0.25) is 0 Å². The second-order valence-electron chi connectivity index (χ2n) is 5.31. The van der Waals surface area contributed by atoms with Gasteiger partial charge in [-0.1, -0.05) is 13.3 Å². The Morgan fingerprint density at radius 1 is 1.42 bits per heavy atom. The van der Waals surface area contributed by atoms with Crippen molar-refractivity contribution in [3.8, 4) is 0 Å². The maximum atomic E-state index is 12.0. The van der Waals surface area contributed by atoms with Gasteiger partial charge in [-0.15, -0.1) is 0 Å². The molecule has 5 heteroatoms. The molecule has 0 saturated carbocycles. The number of carbonyl (C=O) groups is 1. The second kappa shape index (κ2) is 7.82. The van der Waals surface area contributed by atoms with Gasteiger partial charge in [-0.3, -0.25) is 9.69 Å². The van der Waals surface area contributed by atoms with Crippen molar-refractivity contribution >= 4 is 5.97 Å². The minimum Gasteiger partial charge on any atom is -0.465 e. The lowest BCUT2D eigenvalue weighted by Crippen LogP contribution is -2.50. The van der Waals surface area contributed by atoms with Crippen molar-refractivity contribution in [2.24, 2.45) is 0 Å². The molecule has 1 unspecified atom stereocenters. The van der Waals surface area contributed by atoms with Gasteiger partial charge in [0.25, 0.3) is 0 Å². The van der Waals surface area contributed by atoms with Crippen molar-refractivity contribution in [2.45, 2.75) is 51.2 Å². The third-order valence-corrected chi connectivity index (χ3v) is 3.62. The summed E-state index contributed by atoms with van der Waals surface area (Å²) in [5.41, 5.74) is -0.745. The standard InChI is InChI=1S/C14H27NO4/c1-4-6-12(13(16)19-5-2)15(3)11-14(17)7-9-18-10-8-14/h12,17H,4-11H2,1-3H3. The molecule has 1 aliphatic heterocycles. The van der Waals surface area contributed by atoms with Crippen LogP contribution in [0, 0.1) is 0 Å². The van der Waals surface area contributed by atoms with Crippen molar-refractivity contribution < 1.29 is 19.4 Å². The number of hydrogen-bond donors (Lipinski definition) is 1. The highest BCUT2D eigenvalue weighted by Crippen LogP contribution is 2.23. The highest BCUT2D eigenvalue weighted by molar-refractivity contribution is 5.75. The molecule has 0 aromatic carbocycles. The van der Waals surface area contributed by atoms with Crippen LogP contribution in [0.25, 0.3) is 0 Å². The van der Waals surface area contributed by atoms with E-state index in [2.05, 4.69) is 0 Å². The molecule has 5 nitrogen and oxygen atoms in total. The number of aliphatic hydroxyl groups is 1. The molecule has 0 aromatic rings. The number of esters is 1. The fourth-order valence-corrected chi connectivity index (χ4v) is 2.51. The van der Waals surface area contributed by atoms with Crippen molar-refractivity contribution in [2.75, 3.05) is 33.4 Å². The number of nitrogens with zero attached hydrogens (tertiary/aromatic N) is 1. The Hall–Kier alpha value is -0.650. The molecule has 0 aliphatic carbocycles. The van der Waals surface area contributed by atoms with Crippen LogP contribution >= 0.6 is 0 Å². The summed E-state index contributed by atoms with van der Waals surface area (Å²) >= 11 is 0. The molecule has 0 bridgehead atoms. The van der Waals surface area contributed by atoms with Crippen LogP contribution in [-0.4, -0.2) is 61.0 Å². The molecule has 0 spiro atoms. The van der Waals surface area contributed by atoms with Gasteiger partial charge < -0.3 is 14.6 Å². The van der Waals surface area contributed by atoms with E-state index in [9.17, 15) is 9.90 Å². The smallest absolute Gasteiger partial charge is 0.323 e. The van der Waals surface area contributed by atoms with E-state index in [1.54, 1.807) is 0 Å². The molecule has 1 aliphatic rings. The first kappa shape index (κ1) is 16.4. The van der Waals surface area contributed by atoms with Crippen molar-refractivity contribution in [1.82, 2.24) is 4.90 Å². The average molecular weight is 273 g/mol. The van der Waals surface area contributed by atoms with Gasteiger partial charge in [0.1, 0.15) is 6.04 Å². The molecule has 1 heterocycles. The van der Waals surface area contributed by atoms with Crippen LogP contribution in [0.5, 0.6) is 0 Å². The molecule has 1 atom stereocenters. The third kappa shape index (κ3) is 5.09. The second-order valence-corrected chi connectivity index (χ2v) is 5.31. The van der Waals surface area contributed by atoms with Gasteiger partial charge in [0.15, 0.2) is 0 Å². The van der Waals surface area contributed by atoms with Crippen molar-refractivity contribution in [3.05, 3.63) is 0 Å². The first-order valence-electron chi connectivity index (χ1n) is 7.19. The molecular weight excluding hydrogens is 246 g/mol. The lowest BCUT2D eigenvalue weighted by atomic mass is 9.93. The summed E-state index contributed by atoms with van der Waals surface area (Å²) in [4.78, 5) is 13.9. The zero-order chi connectivity index (χ0) is 14.3. The first-order chi connectivity index (χ1) is 9.02. The van der Waals surface area contributed by atoms with Crippen LogP contribution in [-0.2, 0) is 14.3 Å². The summed E-state index contributed by atoms with van der Waals surface area (Å²) in [5.74, 6) is -0.192. The number of rotatable bonds is 7. The Morgan fingerprint density at radius 3 is 2.58 bits per heavy atom. The summed E-state index contributed by atoms with van der Waals surface area (Å²) in [6.45, 7) is 5.91. The van der Waals surface area contributed by atoms with E-state index in [0.717, 1.165) is 12.8 Å². The number of likely N-dealkylation sites (N-methyl/N-ethyl adjacent to an activating group) is 1. The molecule has 1 N–H and O–H groups in total. The molecular formula is C14H27NO4. The zero-order valence-electron chi connectivity index (χ0n) is 12.4. The Labute approximate surface area is 115 Å². The fraction of sp³-hybridized carbons (Fsp3) is 0.929. The molecule has 0 amide bonds. The maximum absolute atomic E-state index is 12.0. The van der Waals surface area contributed by atoms with Crippen LogP contribution in [0.3, 0.4) is 0 Å². The average Bonchev–Trinajstić information content (AvgIpc) is 2.36. The highest BCUT2D eigenvalue weighted by Gasteiger charge is 2.34. The summed E-state index contributed by atoms with van der Waals surface area (Å²) < 4.78 is 10.4. The zero-order valence-corrected chi connectivity index (χ0v) is 12.4. The Bertz CT molecular complexity index is 277. The molecule has 1 rings (SSSR count). The molecule has 0 radical (unpaired) electrons. The van der Waals surface area contributed by atoms with E-state index in [1.807, 2.05) is 25.8 Å². The first-order valence-corrected chi connectivity index (χ1v) is 7.19. The molecule has 112 valence electrons. The fourth-order valence-electron chi connectivity index (χ4n) is 2.51. The Kier molecular flexibility index (Phi) is 6.75. The maximum Gasteiger partial charge on any atom is 0.323 e. The van der Waals surface area contributed by atoms with Gasteiger partial charge in [0, 0.05) is 32.6 Å². The summed E-state index contributed by atoms with van der Waals surface area (Å²) in [6.07, 6.45) is 2.91. The van der Waals surface area contributed by atoms with E-state index in [-0.39, 0.29) is 12.0 Å². The predicted octanol–water partition coefficient (Wildman–Crippen LogP) is 1.19. The van der Waals surface area contributed by atoms with E-state index in [0.29, 0.717) is 39.2 Å². The quantitative estimate of drug-likeness (QED) is 0.706. The normalized spacial score (nSPS) is 20.3. The van der Waals surface area contributed by atoms with Crippen LogP contribution < -0.4 is 0 Å². The molecule has 0 aromatic heterocycles. The van der Waals surface area contributed by atoms with Gasteiger partial charge in [-0.05, 0) is 20.4 Å².